The number of aromatic amines is 1. The highest BCUT2D eigenvalue weighted by Crippen LogP contribution is 2.17. The molecule has 0 atom stereocenters. The highest BCUT2D eigenvalue weighted by atomic mass is 32.2. The molecule has 1 aromatic heterocycles. The Morgan fingerprint density at radius 3 is 2.38 bits per heavy atom. The number of carbonyl (C=O) groups is 1. The number of hydrogen-bond donors (Lipinski definition) is 2. The zero-order chi connectivity index (χ0) is 15.6. The number of benzene rings is 1. The molecule has 1 heterocycles. The maximum absolute atomic E-state index is 12.1. The minimum atomic E-state index is -3.78. The number of primary sulfonamides is 1. The molecule has 0 aliphatic rings. The molecule has 110 valence electrons. The van der Waals surface area contributed by atoms with Crippen molar-refractivity contribution >= 4 is 21.6 Å². The summed E-state index contributed by atoms with van der Waals surface area (Å²) in [5, 5.41) is 5.00. The van der Waals surface area contributed by atoms with Crippen LogP contribution in [-0.2, 0) is 10.0 Å². The Labute approximate surface area is 120 Å². The SMILES string of the molecule is CN(C(=O)c1c[nH]c(=O)cn1)c1ccc(S(N)(=O)=O)cc1. The quantitative estimate of drug-likeness (QED) is 0.804. The van der Waals surface area contributed by atoms with E-state index in [0.717, 1.165) is 6.20 Å². The number of amides is 1. The third-order valence-corrected chi connectivity index (χ3v) is 3.68. The molecule has 3 N–H and O–H groups in total. The fraction of sp³-hybridized carbons (Fsp3) is 0.0833. The molecule has 0 saturated carbocycles. The Kier molecular flexibility index (Phi) is 3.87. The van der Waals surface area contributed by atoms with Gasteiger partial charge in [-0.05, 0) is 24.3 Å². The second kappa shape index (κ2) is 5.46. The molecular weight excluding hydrogens is 296 g/mol. The summed E-state index contributed by atoms with van der Waals surface area (Å²) in [5.41, 5.74) is 0.111. The summed E-state index contributed by atoms with van der Waals surface area (Å²) in [4.78, 5) is 30.4. The average Bonchev–Trinajstić information content (AvgIpc) is 2.46. The zero-order valence-corrected chi connectivity index (χ0v) is 11.8. The molecule has 21 heavy (non-hydrogen) atoms. The van der Waals surface area contributed by atoms with E-state index in [9.17, 15) is 18.0 Å². The van der Waals surface area contributed by atoms with Crippen molar-refractivity contribution in [2.24, 2.45) is 5.14 Å². The van der Waals surface area contributed by atoms with E-state index in [1.54, 1.807) is 0 Å². The van der Waals surface area contributed by atoms with E-state index in [2.05, 4.69) is 9.97 Å². The number of rotatable bonds is 3. The Morgan fingerprint density at radius 2 is 1.90 bits per heavy atom. The number of nitrogens with zero attached hydrogens (tertiary/aromatic N) is 2. The fourth-order valence-electron chi connectivity index (χ4n) is 1.61. The van der Waals surface area contributed by atoms with Crippen molar-refractivity contribution < 1.29 is 13.2 Å². The van der Waals surface area contributed by atoms with Crippen LogP contribution in [0.4, 0.5) is 5.69 Å². The molecule has 0 aliphatic carbocycles. The highest BCUT2D eigenvalue weighted by molar-refractivity contribution is 7.89. The summed E-state index contributed by atoms with van der Waals surface area (Å²) >= 11 is 0. The first-order chi connectivity index (χ1) is 9.79. The van der Waals surface area contributed by atoms with Gasteiger partial charge in [0.05, 0.1) is 11.1 Å². The largest absolute Gasteiger partial charge is 0.325 e. The molecule has 2 rings (SSSR count). The Morgan fingerprint density at radius 1 is 1.29 bits per heavy atom. The van der Waals surface area contributed by atoms with Gasteiger partial charge in [-0.25, -0.2) is 18.5 Å². The third-order valence-electron chi connectivity index (χ3n) is 2.75. The van der Waals surface area contributed by atoms with Crippen molar-refractivity contribution in [1.82, 2.24) is 9.97 Å². The number of hydrogen-bond acceptors (Lipinski definition) is 5. The van der Waals surface area contributed by atoms with Crippen LogP contribution in [0.25, 0.3) is 0 Å². The van der Waals surface area contributed by atoms with E-state index in [0.29, 0.717) is 5.69 Å². The molecule has 0 unspecified atom stereocenters. The van der Waals surface area contributed by atoms with Gasteiger partial charge in [0.1, 0.15) is 5.69 Å². The number of nitrogens with two attached hydrogens (primary N) is 1. The van der Waals surface area contributed by atoms with Crippen LogP contribution in [0.2, 0.25) is 0 Å². The first-order valence-corrected chi connectivity index (χ1v) is 7.29. The van der Waals surface area contributed by atoms with E-state index in [4.69, 9.17) is 5.14 Å². The van der Waals surface area contributed by atoms with Crippen molar-refractivity contribution in [1.29, 1.82) is 0 Å². The predicted molar refractivity (Wildman–Crippen MR) is 75.4 cm³/mol. The van der Waals surface area contributed by atoms with Crippen LogP contribution in [0, 0.1) is 0 Å². The molecule has 0 fully saturated rings. The maximum Gasteiger partial charge on any atom is 0.278 e. The molecule has 8 nitrogen and oxygen atoms in total. The van der Waals surface area contributed by atoms with Gasteiger partial charge in [0.25, 0.3) is 11.5 Å². The minimum absolute atomic E-state index is 0.0470. The summed E-state index contributed by atoms with van der Waals surface area (Å²) in [6.07, 6.45) is 2.21. The first kappa shape index (κ1) is 14.9. The van der Waals surface area contributed by atoms with Gasteiger partial charge >= 0.3 is 0 Å². The van der Waals surface area contributed by atoms with Crippen LogP contribution < -0.4 is 15.6 Å². The van der Waals surface area contributed by atoms with Crippen molar-refractivity contribution in [3.8, 4) is 0 Å². The number of H-pyrrole nitrogens is 1. The van der Waals surface area contributed by atoms with E-state index in [-0.39, 0.29) is 10.6 Å². The molecule has 0 saturated heterocycles. The summed E-state index contributed by atoms with van der Waals surface area (Å²) in [7, 11) is -2.28. The van der Waals surface area contributed by atoms with E-state index in [1.165, 1.54) is 42.4 Å². The van der Waals surface area contributed by atoms with Gasteiger partial charge in [-0.3, -0.25) is 9.59 Å². The van der Waals surface area contributed by atoms with Crippen LogP contribution in [0.5, 0.6) is 0 Å². The zero-order valence-electron chi connectivity index (χ0n) is 11.0. The van der Waals surface area contributed by atoms with Crippen LogP contribution in [0.15, 0.2) is 46.3 Å². The second-order valence-corrected chi connectivity index (χ2v) is 5.76. The van der Waals surface area contributed by atoms with Crippen molar-refractivity contribution in [3.05, 3.63) is 52.7 Å². The standard InChI is InChI=1S/C12H12N4O4S/c1-16(12(18)10-6-15-11(17)7-14-10)8-2-4-9(5-3-8)21(13,19)20/h2-7H,1H3,(H,15,17)(H2,13,19,20). The average molecular weight is 308 g/mol. The first-order valence-electron chi connectivity index (χ1n) is 5.75. The van der Waals surface area contributed by atoms with Gasteiger partial charge < -0.3 is 9.88 Å². The Balaban J connectivity index is 2.27. The maximum atomic E-state index is 12.1. The predicted octanol–water partition coefficient (Wildman–Crippen LogP) is -0.306. The van der Waals surface area contributed by atoms with Gasteiger partial charge in [0.2, 0.25) is 10.0 Å². The molecule has 0 bridgehead atoms. The monoisotopic (exact) mass is 308 g/mol. The summed E-state index contributed by atoms with van der Waals surface area (Å²) in [6, 6.07) is 5.50. The third kappa shape index (κ3) is 3.33. The second-order valence-electron chi connectivity index (χ2n) is 4.20. The minimum Gasteiger partial charge on any atom is -0.325 e. The van der Waals surface area contributed by atoms with Crippen LogP contribution in [-0.4, -0.2) is 31.3 Å². The molecule has 1 aromatic carbocycles. The van der Waals surface area contributed by atoms with Crippen LogP contribution >= 0.6 is 0 Å². The van der Waals surface area contributed by atoms with Gasteiger partial charge in [0, 0.05) is 18.9 Å². The lowest BCUT2D eigenvalue weighted by Crippen LogP contribution is -2.28. The lowest BCUT2D eigenvalue weighted by molar-refractivity contribution is 0.0988. The van der Waals surface area contributed by atoms with E-state index < -0.39 is 21.5 Å². The number of nitrogens with one attached hydrogen (secondary N) is 1. The van der Waals surface area contributed by atoms with E-state index in [1.807, 2.05) is 0 Å². The molecule has 2 aromatic rings. The van der Waals surface area contributed by atoms with Gasteiger partial charge in [-0.2, -0.15) is 0 Å². The highest BCUT2D eigenvalue weighted by Gasteiger charge is 2.16. The van der Waals surface area contributed by atoms with Crippen LogP contribution in [0.3, 0.4) is 0 Å². The lowest BCUT2D eigenvalue weighted by Gasteiger charge is -2.16. The number of anilines is 1. The van der Waals surface area contributed by atoms with Crippen molar-refractivity contribution in [2.45, 2.75) is 4.90 Å². The van der Waals surface area contributed by atoms with Gasteiger partial charge in [-0.15, -0.1) is 0 Å². The molecule has 9 heteroatoms. The summed E-state index contributed by atoms with van der Waals surface area (Å²) in [6.45, 7) is 0. The number of aromatic nitrogens is 2. The molecular formula is C12H12N4O4S. The summed E-state index contributed by atoms with van der Waals surface area (Å²) < 4.78 is 22.3. The van der Waals surface area contributed by atoms with Gasteiger partial charge in [0.15, 0.2) is 0 Å². The molecule has 0 spiro atoms. The summed E-state index contributed by atoms with van der Waals surface area (Å²) in [5.74, 6) is -0.449. The fourth-order valence-corrected chi connectivity index (χ4v) is 2.12. The van der Waals surface area contributed by atoms with Crippen molar-refractivity contribution in [2.75, 3.05) is 11.9 Å². The number of carbonyl (C=O) groups excluding carboxylic acids is 1. The van der Waals surface area contributed by atoms with Gasteiger partial charge in [-0.1, -0.05) is 0 Å². The smallest absolute Gasteiger partial charge is 0.278 e. The Hall–Kier alpha value is -2.52. The Bertz CT molecular complexity index is 807. The molecule has 0 radical (unpaired) electrons. The van der Waals surface area contributed by atoms with Crippen molar-refractivity contribution in [3.63, 3.8) is 0 Å². The van der Waals surface area contributed by atoms with E-state index >= 15 is 0 Å². The van der Waals surface area contributed by atoms with Crippen LogP contribution in [0.1, 0.15) is 10.5 Å². The molecule has 1 amide bonds. The lowest BCUT2D eigenvalue weighted by atomic mass is 10.3. The molecule has 0 aliphatic heterocycles. The number of sulfonamides is 1. The topological polar surface area (TPSA) is 126 Å². The normalized spacial score (nSPS) is 11.1.